The molecule has 0 aromatic heterocycles. The Morgan fingerprint density at radius 1 is 1.25 bits per heavy atom. The van der Waals surface area contributed by atoms with Crippen LogP contribution in [0.1, 0.15) is 33.6 Å². The predicted octanol–water partition coefficient (Wildman–Crippen LogP) is 1.20. The van der Waals surface area contributed by atoms with Crippen molar-refractivity contribution >= 4 is 11.9 Å². The first kappa shape index (κ1) is 11.4. The number of hydrogen-bond acceptors (Lipinski definition) is 3. The number of likely N-dealkylation sites (N-methyl/N-ethyl adjacent to an activating group) is 1. The number of esters is 1. The van der Waals surface area contributed by atoms with Gasteiger partial charge in [0.2, 0.25) is 0 Å². The van der Waals surface area contributed by atoms with Crippen molar-refractivity contribution in [2.24, 2.45) is 10.8 Å². The van der Waals surface area contributed by atoms with E-state index < -0.39 is 16.4 Å². The van der Waals surface area contributed by atoms with E-state index in [1.54, 1.807) is 14.1 Å². The second-order valence-electron chi connectivity index (χ2n) is 5.87. The van der Waals surface area contributed by atoms with Gasteiger partial charge in [-0.25, -0.2) is 0 Å². The molecule has 90 valence electrons. The molecule has 1 saturated heterocycles. The fraction of sp³-hybridized carbons (Fsp3) is 0.833. The maximum atomic E-state index is 12.3. The summed E-state index contributed by atoms with van der Waals surface area (Å²) < 4.78 is 5.46. The van der Waals surface area contributed by atoms with Gasteiger partial charge >= 0.3 is 5.97 Å². The Morgan fingerprint density at radius 2 is 1.81 bits per heavy atom. The van der Waals surface area contributed by atoms with E-state index in [1.165, 1.54) is 4.90 Å². The van der Waals surface area contributed by atoms with Crippen LogP contribution in [0.2, 0.25) is 0 Å². The summed E-state index contributed by atoms with van der Waals surface area (Å²) in [5.41, 5.74) is -1.89. The summed E-state index contributed by atoms with van der Waals surface area (Å²) >= 11 is 0. The van der Waals surface area contributed by atoms with Crippen molar-refractivity contribution in [1.82, 2.24) is 4.90 Å². The van der Waals surface area contributed by atoms with Crippen LogP contribution in [0.25, 0.3) is 0 Å². The Labute approximate surface area is 95.9 Å². The van der Waals surface area contributed by atoms with Gasteiger partial charge in [-0.3, -0.25) is 9.59 Å². The fourth-order valence-electron chi connectivity index (χ4n) is 3.08. The standard InChI is InChI=1S/C12H19NO3/c1-10(2)11(3)6-7-12(10,16-9(11)15)8(14)13(4)5/h6-7H2,1-5H3/t11-,12+/m0/s1. The topological polar surface area (TPSA) is 46.6 Å². The molecule has 0 aromatic rings. The molecule has 2 atom stereocenters. The number of fused-ring (bicyclic) bond motifs is 2. The number of carbonyl (C=O) groups is 2. The first-order chi connectivity index (χ1) is 7.19. The molecule has 2 aliphatic rings. The van der Waals surface area contributed by atoms with E-state index >= 15 is 0 Å². The van der Waals surface area contributed by atoms with Gasteiger partial charge in [-0.1, -0.05) is 13.8 Å². The second-order valence-corrected chi connectivity index (χ2v) is 5.87. The van der Waals surface area contributed by atoms with Gasteiger partial charge in [-0.05, 0) is 19.8 Å². The number of rotatable bonds is 1. The Hall–Kier alpha value is -1.06. The molecule has 16 heavy (non-hydrogen) atoms. The Bertz CT molecular complexity index is 374. The van der Waals surface area contributed by atoms with Crippen LogP contribution in [0.5, 0.6) is 0 Å². The van der Waals surface area contributed by atoms with Crippen LogP contribution in [-0.4, -0.2) is 36.5 Å². The zero-order valence-electron chi connectivity index (χ0n) is 10.6. The highest BCUT2D eigenvalue weighted by atomic mass is 16.6. The molecule has 2 rings (SSSR count). The van der Waals surface area contributed by atoms with Gasteiger partial charge in [0.15, 0.2) is 5.60 Å². The van der Waals surface area contributed by atoms with Crippen molar-refractivity contribution in [2.45, 2.75) is 39.2 Å². The number of ether oxygens (including phenoxy) is 1. The molecule has 0 spiro atoms. The van der Waals surface area contributed by atoms with Gasteiger partial charge in [-0.15, -0.1) is 0 Å². The minimum absolute atomic E-state index is 0.0907. The Balaban J connectivity index is 2.52. The smallest absolute Gasteiger partial charge is 0.313 e. The van der Waals surface area contributed by atoms with Crippen LogP contribution in [0.15, 0.2) is 0 Å². The van der Waals surface area contributed by atoms with Crippen LogP contribution < -0.4 is 0 Å². The molecule has 1 amide bonds. The quantitative estimate of drug-likeness (QED) is 0.630. The van der Waals surface area contributed by atoms with E-state index in [0.29, 0.717) is 6.42 Å². The Morgan fingerprint density at radius 3 is 2.12 bits per heavy atom. The molecule has 2 fully saturated rings. The third kappa shape index (κ3) is 0.913. The van der Waals surface area contributed by atoms with Gasteiger partial charge in [0.05, 0.1) is 5.41 Å². The van der Waals surface area contributed by atoms with Crippen molar-refractivity contribution in [2.75, 3.05) is 14.1 Å². The van der Waals surface area contributed by atoms with Gasteiger partial charge in [0, 0.05) is 19.5 Å². The molecular formula is C12H19NO3. The minimum atomic E-state index is -0.942. The van der Waals surface area contributed by atoms with Gasteiger partial charge in [0.1, 0.15) is 0 Å². The first-order valence-corrected chi connectivity index (χ1v) is 5.64. The lowest BCUT2D eigenvalue weighted by Crippen LogP contribution is -2.52. The van der Waals surface area contributed by atoms with E-state index in [1.807, 2.05) is 20.8 Å². The summed E-state index contributed by atoms with van der Waals surface area (Å²) in [7, 11) is 3.41. The highest BCUT2D eigenvalue weighted by molar-refractivity contribution is 5.96. The highest BCUT2D eigenvalue weighted by Crippen LogP contribution is 2.65. The van der Waals surface area contributed by atoms with Gasteiger partial charge < -0.3 is 9.64 Å². The van der Waals surface area contributed by atoms with Crippen LogP contribution in [0, 0.1) is 10.8 Å². The van der Waals surface area contributed by atoms with Crippen molar-refractivity contribution in [3.63, 3.8) is 0 Å². The number of nitrogens with zero attached hydrogens (tertiary/aromatic N) is 1. The molecule has 1 aliphatic carbocycles. The summed E-state index contributed by atoms with van der Waals surface area (Å²) in [6.07, 6.45) is 1.37. The predicted molar refractivity (Wildman–Crippen MR) is 58.6 cm³/mol. The van der Waals surface area contributed by atoms with E-state index in [0.717, 1.165) is 6.42 Å². The lowest BCUT2D eigenvalue weighted by atomic mass is 9.66. The van der Waals surface area contributed by atoms with Crippen LogP contribution in [0.3, 0.4) is 0 Å². The summed E-state index contributed by atoms with van der Waals surface area (Å²) in [6.45, 7) is 5.84. The molecule has 0 unspecified atom stereocenters. The Kier molecular flexibility index (Phi) is 1.99. The molecule has 4 heteroatoms. The average molecular weight is 225 g/mol. The van der Waals surface area contributed by atoms with Crippen molar-refractivity contribution in [3.8, 4) is 0 Å². The number of amides is 1. The molecule has 1 heterocycles. The first-order valence-electron chi connectivity index (χ1n) is 5.64. The normalized spacial score (nSPS) is 39.7. The molecule has 0 N–H and O–H groups in total. The highest BCUT2D eigenvalue weighted by Gasteiger charge is 2.75. The maximum Gasteiger partial charge on any atom is 0.313 e. The SMILES string of the molecule is CN(C)C(=O)[C@@]12CC[C@@](C)(C(=O)O1)C2(C)C. The zero-order valence-corrected chi connectivity index (χ0v) is 10.6. The number of carbonyl (C=O) groups excluding carboxylic acids is 2. The third-order valence-electron chi connectivity index (χ3n) is 4.84. The van der Waals surface area contributed by atoms with Gasteiger partial charge in [0.25, 0.3) is 5.91 Å². The lowest BCUT2D eigenvalue weighted by Gasteiger charge is -2.36. The van der Waals surface area contributed by atoms with E-state index in [4.69, 9.17) is 4.74 Å². The van der Waals surface area contributed by atoms with E-state index in [9.17, 15) is 9.59 Å². The molecule has 1 aliphatic heterocycles. The second kappa shape index (κ2) is 2.79. The lowest BCUT2D eigenvalue weighted by molar-refractivity contribution is -0.172. The number of hydrogen-bond donors (Lipinski definition) is 0. The van der Waals surface area contributed by atoms with Crippen LogP contribution in [0.4, 0.5) is 0 Å². The van der Waals surface area contributed by atoms with Crippen molar-refractivity contribution < 1.29 is 14.3 Å². The average Bonchev–Trinajstić information content (AvgIpc) is 2.46. The molecule has 0 aromatic carbocycles. The summed E-state index contributed by atoms with van der Waals surface area (Å²) in [5, 5.41) is 0. The molecule has 0 radical (unpaired) electrons. The maximum absolute atomic E-state index is 12.3. The molecule has 4 nitrogen and oxygen atoms in total. The van der Waals surface area contributed by atoms with Crippen LogP contribution in [-0.2, 0) is 14.3 Å². The molecule has 1 saturated carbocycles. The summed E-state index contributed by atoms with van der Waals surface area (Å²) in [4.78, 5) is 25.7. The summed E-state index contributed by atoms with van der Waals surface area (Å²) in [5.74, 6) is -0.314. The minimum Gasteiger partial charge on any atom is -0.448 e. The summed E-state index contributed by atoms with van der Waals surface area (Å²) in [6, 6.07) is 0. The van der Waals surface area contributed by atoms with E-state index in [-0.39, 0.29) is 11.9 Å². The molecular weight excluding hydrogens is 206 g/mol. The third-order valence-corrected chi connectivity index (χ3v) is 4.84. The zero-order chi connectivity index (χ0) is 12.4. The largest absolute Gasteiger partial charge is 0.448 e. The van der Waals surface area contributed by atoms with Gasteiger partial charge in [-0.2, -0.15) is 0 Å². The van der Waals surface area contributed by atoms with E-state index in [2.05, 4.69) is 0 Å². The molecule has 2 bridgehead atoms. The van der Waals surface area contributed by atoms with Crippen molar-refractivity contribution in [1.29, 1.82) is 0 Å². The monoisotopic (exact) mass is 225 g/mol. The van der Waals surface area contributed by atoms with Crippen LogP contribution >= 0.6 is 0 Å². The van der Waals surface area contributed by atoms with Crippen molar-refractivity contribution in [3.05, 3.63) is 0 Å². The fourth-order valence-corrected chi connectivity index (χ4v) is 3.08.